The Morgan fingerprint density at radius 1 is 1.36 bits per heavy atom. The van der Waals surface area contributed by atoms with E-state index < -0.39 is 0 Å². The third-order valence-corrected chi connectivity index (χ3v) is 5.51. The molecule has 1 amide bonds. The molecule has 0 aromatic carbocycles. The molecular formula is C19H28N4O2. The number of anilines is 1. The molecule has 136 valence electrons. The van der Waals surface area contributed by atoms with Gasteiger partial charge in [0.05, 0.1) is 24.8 Å². The zero-order valence-corrected chi connectivity index (χ0v) is 15.5. The van der Waals surface area contributed by atoms with E-state index in [-0.39, 0.29) is 12.0 Å². The Morgan fingerprint density at radius 3 is 2.72 bits per heavy atom. The van der Waals surface area contributed by atoms with Crippen LogP contribution in [-0.4, -0.2) is 47.7 Å². The average Bonchev–Trinajstić information content (AvgIpc) is 3.15. The number of amides is 1. The fraction of sp³-hybridized carbons (Fsp3) is 0.684. The topological polar surface area (TPSA) is 70.3 Å². The van der Waals surface area contributed by atoms with Gasteiger partial charge in [-0.3, -0.25) is 9.69 Å². The molecule has 0 bridgehead atoms. The number of nitrogens with one attached hydrogen (secondary N) is 1. The molecule has 1 atom stereocenters. The van der Waals surface area contributed by atoms with Crippen LogP contribution in [0.15, 0.2) is 0 Å². The zero-order chi connectivity index (χ0) is 18.0. The van der Waals surface area contributed by atoms with E-state index in [0.717, 1.165) is 37.2 Å². The van der Waals surface area contributed by atoms with Crippen LogP contribution in [0.5, 0.6) is 0 Å². The Labute approximate surface area is 149 Å². The molecule has 1 aliphatic carbocycles. The molecule has 3 rings (SSSR count). The predicted molar refractivity (Wildman–Crippen MR) is 96.6 cm³/mol. The Kier molecular flexibility index (Phi) is 5.45. The van der Waals surface area contributed by atoms with Gasteiger partial charge in [-0.05, 0) is 39.2 Å². The second-order valence-corrected chi connectivity index (χ2v) is 7.32. The van der Waals surface area contributed by atoms with Crippen LogP contribution < -0.4 is 5.32 Å². The van der Waals surface area contributed by atoms with Crippen molar-refractivity contribution in [1.82, 2.24) is 9.47 Å². The zero-order valence-electron chi connectivity index (χ0n) is 15.5. The van der Waals surface area contributed by atoms with Crippen LogP contribution in [-0.2, 0) is 9.53 Å². The number of carbonyl (C=O) groups is 1. The maximum atomic E-state index is 12.6. The number of rotatable bonds is 4. The van der Waals surface area contributed by atoms with Gasteiger partial charge in [0.2, 0.25) is 5.91 Å². The molecule has 1 aliphatic heterocycles. The van der Waals surface area contributed by atoms with Crippen molar-refractivity contribution in [2.45, 2.75) is 58.6 Å². The number of hydrogen-bond donors (Lipinski definition) is 1. The van der Waals surface area contributed by atoms with Gasteiger partial charge in [-0.1, -0.05) is 12.8 Å². The van der Waals surface area contributed by atoms with E-state index >= 15 is 0 Å². The molecule has 1 N–H and O–H groups in total. The molecule has 0 unspecified atom stereocenters. The first-order valence-corrected chi connectivity index (χ1v) is 9.26. The normalized spacial score (nSPS) is 22.1. The van der Waals surface area contributed by atoms with Crippen molar-refractivity contribution in [2.75, 3.05) is 31.6 Å². The molecule has 1 aromatic heterocycles. The molecule has 6 heteroatoms. The van der Waals surface area contributed by atoms with Crippen molar-refractivity contribution >= 4 is 11.7 Å². The fourth-order valence-corrected chi connectivity index (χ4v) is 4.11. The lowest BCUT2D eigenvalue weighted by Crippen LogP contribution is -2.44. The van der Waals surface area contributed by atoms with Crippen LogP contribution in [0.3, 0.4) is 0 Å². The lowest BCUT2D eigenvalue weighted by molar-refractivity contribution is -0.119. The highest BCUT2D eigenvalue weighted by molar-refractivity contribution is 5.93. The summed E-state index contributed by atoms with van der Waals surface area (Å²) in [6.45, 7) is 8.58. The molecule has 2 heterocycles. The van der Waals surface area contributed by atoms with Crippen molar-refractivity contribution in [3.63, 3.8) is 0 Å². The van der Waals surface area contributed by atoms with Gasteiger partial charge in [0.1, 0.15) is 11.9 Å². The monoisotopic (exact) mass is 344 g/mol. The highest BCUT2D eigenvalue weighted by Gasteiger charge is 2.27. The number of carbonyl (C=O) groups excluding carboxylic acids is 1. The van der Waals surface area contributed by atoms with E-state index in [1.54, 1.807) is 0 Å². The minimum atomic E-state index is -0.0534. The van der Waals surface area contributed by atoms with Crippen molar-refractivity contribution in [2.24, 2.45) is 0 Å². The summed E-state index contributed by atoms with van der Waals surface area (Å²) in [5.74, 6) is 0.637. The quantitative estimate of drug-likeness (QED) is 0.912. The average molecular weight is 344 g/mol. The van der Waals surface area contributed by atoms with Crippen LogP contribution in [0.25, 0.3) is 0 Å². The van der Waals surface area contributed by atoms with E-state index in [1.165, 1.54) is 12.8 Å². The highest BCUT2D eigenvalue weighted by atomic mass is 16.5. The van der Waals surface area contributed by atoms with Gasteiger partial charge in [-0.2, -0.15) is 5.26 Å². The fourth-order valence-electron chi connectivity index (χ4n) is 4.11. The minimum Gasteiger partial charge on any atom is -0.376 e. The van der Waals surface area contributed by atoms with E-state index in [0.29, 0.717) is 30.6 Å². The molecule has 1 saturated heterocycles. The smallest absolute Gasteiger partial charge is 0.239 e. The SMILES string of the molecule is Cc1c(C#N)c(NC(=O)CN2CCO[C@@H](C)C2)n(C2CCCC2)c1C. The maximum Gasteiger partial charge on any atom is 0.239 e. The van der Waals surface area contributed by atoms with Crippen molar-refractivity contribution in [1.29, 1.82) is 5.26 Å². The summed E-state index contributed by atoms with van der Waals surface area (Å²) in [4.78, 5) is 14.7. The summed E-state index contributed by atoms with van der Waals surface area (Å²) < 4.78 is 7.72. The summed E-state index contributed by atoms with van der Waals surface area (Å²) in [5.41, 5.74) is 2.68. The van der Waals surface area contributed by atoms with E-state index in [2.05, 4.69) is 20.9 Å². The predicted octanol–water partition coefficient (Wildman–Crippen LogP) is 2.75. The number of morpholine rings is 1. The van der Waals surface area contributed by atoms with Gasteiger partial charge in [-0.15, -0.1) is 0 Å². The lowest BCUT2D eigenvalue weighted by atomic mass is 10.2. The minimum absolute atomic E-state index is 0.0534. The van der Waals surface area contributed by atoms with Crippen LogP contribution in [0.2, 0.25) is 0 Å². The summed E-state index contributed by atoms with van der Waals surface area (Å²) in [6, 6.07) is 2.68. The molecule has 1 saturated carbocycles. The molecule has 0 radical (unpaired) electrons. The molecule has 0 spiro atoms. The van der Waals surface area contributed by atoms with Crippen LogP contribution in [0.4, 0.5) is 5.82 Å². The first kappa shape index (κ1) is 18.0. The number of hydrogen-bond acceptors (Lipinski definition) is 4. The number of nitriles is 1. The number of nitrogens with zero attached hydrogens (tertiary/aromatic N) is 3. The van der Waals surface area contributed by atoms with Crippen LogP contribution in [0.1, 0.15) is 55.5 Å². The Bertz CT molecular complexity index is 683. The summed E-state index contributed by atoms with van der Waals surface area (Å²) in [6.07, 6.45) is 4.81. The van der Waals surface area contributed by atoms with Gasteiger partial charge in [-0.25, -0.2) is 0 Å². The summed E-state index contributed by atoms with van der Waals surface area (Å²) in [7, 11) is 0. The Hall–Kier alpha value is -1.84. The van der Waals surface area contributed by atoms with Crippen molar-refractivity contribution < 1.29 is 9.53 Å². The molecule has 6 nitrogen and oxygen atoms in total. The van der Waals surface area contributed by atoms with Gasteiger partial charge >= 0.3 is 0 Å². The van der Waals surface area contributed by atoms with Crippen molar-refractivity contribution in [3.8, 4) is 6.07 Å². The Balaban J connectivity index is 1.79. The third-order valence-electron chi connectivity index (χ3n) is 5.51. The number of ether oxygens (including phenoxy) is 1. The van der Waals surface area contributed by atoms with Gasteiger partial charge in [0, 0.05) is 24.8 Å². The molecule has 1 aromatic rings. The van der Waals surface area contributed by atoms with Gasteiger partial charge in [0.25, 0.3) is 0 Å². The Morgan fingerprint density at radius 2 is 2.08 bits per heavy atom. The largest absolute Gasteiger partial charge is 0.376 e. The molecular weight excluding hydrogens is 316 g/mol. The lowest BCUT2D eigenvalue weighted by Gasteiger charge is -2.30. The summed E-state index contributed by atoms with van der Waals surface area (Å²) in [5, 5.41) is 12.7. The van der Waals surface area contributed by atoms with Crippen LogP contribution >= 0.6 is 0 Å². The standard InChI is InChI=1S/C19H28N4O2/c1-13-11-22(8-9-25-13)12-18(24)21-19-17(10-20)14(2)15(3)23(19)16-6-4-5-7-16/h13,16H,4-9,11-12H2,1-3H3,(H,21,24)/t13-/m0/s1. The first-order valence-electron chi connectivity index (χ1n) is 9.26. The second kappa shape index (κ2) is 7.59. The van der Waals surface area contributed by atoms with E-state index in [1.807, 2.05) is 20.8 Å². The third kappa shape index (κ3) is 3.73. The van der Waals surface area contributed by atoms with Crippen molar-refractivity contribution in [3.05, 3.63) is 16.8 Å². The van der Waals surface area contributed by atoms with Gasteiger partial charge < -0.3 is 14.6 Å². The van der Waals surface area contributed by atoms with E-state index in [9.17, 15) is 10.1 Å². The summed E-state index contributed by atoms with van der Waals surface area (Å²) >= 11 is 0. The maximum absolute atomic E-state index is 12.6. The van der Waals surface area contributed by atoms with Crippen LogP contribution in [0, 0.1) is 25.2 Å². The second-order valence-electron chi connectivity index (χ2n) is 7.32. The first-order chi connectivity index (χ1) is 12.0. The van der Waals surface area contributed by atoms with Gasteiger partial charge in [0.15, 0.2) is 0 Å². The van der Waals surface area contributed by atoms with E-state index in [4.69, 9.17) is 4.74 Å². The number of aromatic nitrogens is 1. The molecule has 25 heavy (non-hydrogen) atoms. The highest BCUT2D eigenvalue weighted by Crippen LogP contribution is 2.37. The molecule has 2 fully saturated rings. The molecule has 2 aliphatic rings.